The average Bonchev–Trinajstić information content (AvgIpc) is 2.20. The van der Waals surface area contributed by atoms with Crippen molar-refractivity contribution in [3.63, 3.8) is 0 Å². The van der Waals surface area contributed by atoms with E-state index in [1.807, 2.05) is 6.92 Å². The quantitative estimate of drug-likeness (QED) is 0.144. The van der Waals surface area contributed by atoms with Gasteiger partial charge in [0.15, 0.2) is 0 Å². The second kappa shape index (κ2) is 7.42. The van der Waals surface area contributed by atoms with E-state index in [0.29, 0.717) is 26.1 Å². The average molecular weight is 252 g/mol. The molecule has 0 fully saturated rings. The molecule has 0 radical (unpaired) electrons. The normalized spacial score (nSPS) is 15.0. The van der Waals surface area contributed by atoms with E-state index in [1.54, 1.807) is 0 Å². The Morgan fingerprint density at radius 3 is 2.62 bits per heavy atom. The van der Waals surface area contributed by atoms with Crippen molar-refractivity contribution in [2.24, 2.45) is 16.8 Å². The zero-order valence-electron chi connectivity index (χ0n) is 9.60. The van der Waals surface area contributed by atoms with E-state index >= 15 is 0 Å². The van der Waals surface area contributed by atoms with Gasteiger partial charge in [-0.3, -0.25) is 0 Å². The first-order valence-corrected chi connectivity index (χ1v) is 6.88. The summed E-state index contributed by atoms with van der Waals surface area (Å²) in [5.74, 6) is 0.134. The predicted molar refractivity (Wildman–Crippen MR) is 62.9 cm³/mol. The standard InChI is InChI=1S/C8H20N4O3S/c1-7(8(9)12-13)6-10-4-3-5-11-16(2,14)15/h7,10-11,13H,3-6H2,1-2H3,(H2,9,12). The van der Waals surface area contributed by atoms with E-state index in [9.17, 15) is 8.42 Å². The lowest BCUT2D eigenvalue weighted by Gasteiger charge is -2.10. The molecule has 0 aromatic heterocycles. The molecule has 8 heteroatoms. The number of nitrogens with one attached hydrogen (secondary N) is 2. The van der Waals surface area contributed by atoms with Crippen molar-refractivity contribution < 1.29 is 13.6 Å². The zero-order chi connectivity index (χ0) is 12.6. The van der Waals surface area contributed by atoms with Crippen molar-refractivity contribution in [3.05, 3.63) is 0 Å². The molecule has 1 unspecified atom stereocenters. The Labute approximate surface area is 96.1 Å². The van der Waals surface area contributed by atoms with Gasteiger partial charge in [-0.25, -0.2) is 13.1 Å². The third-order valence-corrected chi connectivity index (χ3v) is 2.69. The van der Waals surface area contributed by atoms with Gasteiger partial charge in [0, 0.05) is 19.0 Å². The monoisotopic (exact) mass is 252 g/mol. The highest BCUT2D eigenvalue weighted by molar-refractivity contribution is 7.88. The molecule has 0 aromatic rings. The fourth-order valence-corrected chi connectivity index (χ4v) is 1.51. The van der Waals surface area contributed by atoms with Gasteiger partial charge < -0.3 is 16.3 Å². The fraction of sp³-hybridized carbons (Fsp3) is 0.875. The molecule has 96 valence electrons. The molecule has 0 saturated heterocycles. The van der Waals surface area contributed by atoms with Gasteiger partial charge in [-0.2, -0.15) is 0 Å². The van der Waals surface area contributed by atoms with Gasteiger partial charge in [0.2, 0.25) is 10.0 Å². The summed E-state index contributed by atoms with van der Waals surface area (Å²) < 4.78 is 23.8. The van der Waals surface area contributed by atoms with Gasteiger partial charge in [0.05, 0.1) is 6.26 Å². The van der Waals surface area contributed by atoms with Crippen LogP contribution in [0.1, 0.15) is 13.3 Å². The number of amidine groups is 1. The van der Waals surface area contributed by atoms with Gasteiger partial charge in [-0.15, -0.1) is 0 Å². The Bertz CT molecular complexity index is 315. The maximum absolute atomic E-state index is 10.7. The molecule has 0 aliphatic heterocycles. The maximum atomic E-state index is 10.7. The highest BCUT2D eigenvalue weighted by Crippen LogP contribution is 1.91. The Morgan fingerprint density at radius 2 is 2.12 bits per heavy atom. The third-order valence-electron chi connectivity index (χ3n) is 1.97. The van der Waals surface area contributed by atoms with Gasteiger partial charge in [0.25, 0.3) is 0 Å². The van der Waals surface area contributed by atoms with Crippen molar-refractivity contribution in [2.45, 2.75) is 13.3 Å². The van der Waals surface area contributed by atoms with E-state index in [0.717, 1.165) is 6.26 Å². The Hall–Kier alpha value is -0.860. The van der Waals surface area contributed by atoms with E-state index < -0.39 is 10.0 Å². The molecular formula is C8H20N4O3S. The highest BCUT2D eigenvalue weighted by Gasteiger charge is 2.06. The minimum absolute atomic E-state index is 0.0483. The van der Waals surface area contributed by atoms with Gasteiger partial charge >= 0.3 is 0 Å². The molecule has 0 aliphatic rings. The summed E-state index contributed by atoms with van der Waals surface area (Å²) >= 11 is 0. The highest BCUT2D eigenvalue weighted by atomic mass is 32.2. The molecule has 0 saturated carbocycles. The van der Waals surface area contributed by atoms with Crippen LogP contribution >= 0.6 is 0 Å². The lowest BCUT2D eigenvalue weighted by atomic mass is 10.1. The summed E-state index contributed by atoms with van der Waals surface area (Å²) in [5, 5.41) is 14.4. The van der Waals surface area contributed by atoms with Gasteiger partial charge in [-0.05, 0) is 13.0 Å². The van der Waals surface area contributed by atoms with Crippen LogP contribution < -0.4 is 15.8 Å². The van der Waals surface area contributed by atoms with E-state index in [-0.39, 0.29) is 11.8 Å². The van der Waals surface area contributed by atoms with Crippen LogP contribution in [0.3, 0.4) is 0 Å². The Morgan fingerprint density at radius 1 is 1.50 bits per heavy atom. The van der Waals surface area contributed by atoms with Gasteiger partial charge in [-0.1, -0.05) is 12.1 Å². The van der Waals surface area contributed by atoms with E-state index in [2.05, 4.69) is 15.2 Å². The lowest BCUT2D eigenvalue weighted by molar-refractivity contribution is 0.314. The summed E-state index contributed by atoms with van der Waals surface area (Å²) in [4.78, 5) is 0. The van der Waals surface area contributed by atoms with Crippen molar-refractivity contribution >= 4 is 15.9 Å². The Kier molecular flexibility index (Phi) is 7.02. The second-order valence-electron chi connectivity index (χ2n) is 3.65. The first-order valence-electron chi connectivity index (χ1n) is 4.99. The van der Waals surface area contributed by atoms with Gasteiger partial charge in [0.1, 0.15) is 5.84 Å². The topological polar surface area (TPSA) is 117 Å². The number of hydrogen-bond donors (Lipinski definition) is 4. The summed E-state index contributed by atoms with van der Waals surface area (Å²) in [6, 6.07) is 0. The molecular weight excluding hydrogens is 232 g/mol. The van der Waals surface area contributed by atoms with E-state index in [4.69, 9.17) is 10.9 Å². The second-order valence-corrected chi connectivity index (χ2v) is 5.48. The maximum Gasteiger partial charge on any atom is 0.208 e. The number of hydrogen-bond acceptors (Lipinski definition) is 5. The SMILES string of the molecule is CC(CNCCCNS(C)(=O)=O)C(N)=NO. The van der Waals surface area contributed by atoms with Crippen LogP contribution in [0, 0.1) is 5.92 Å². The number of nitrogens with zero attached hydrogens (tertiary/aromatic N) is 1. The van der Waals surface area contributed by atoms with Crippen molar-refractivity contribution in [3.8, 4) is 0 Å². The predicted octanol–water partition coefficient (Wildman–Crippen LogP) is -1.10. The summed E-state index contributed by atoms with van der Waals surface area (Å²) in [5.41, 5.74) is 5.38. The molecule has 0 bridgehead atoms. The van der Waals surface area contributed by atoms with Crippen LogP contribution in [-0.2, 0) is 10.0 Å². The smallest absolute Gasteiger partial charge is 0.208 e. The first-order chi connectivity index (χ1) is 7.37. The first kappa shape index (κ1) is 15.1. The molecule has 0 aromatic carbocycles. The molecule has 0 spiro atoms. The van der Waals surface area contributed by atoms with Crippen LogP contribution in [0.2, 0.25) is 0 Å². The van der Waals surface area contributed by atoms with Crippen LogP contribution in [0.5, 0.6) is 0 Å². The molecule has 0 amide bonds. The molecule has 16 heavy (non-hydrogen) atoms. The number of nitrogens with two attached hydrogens (primary N) is 1. The minimum Gasteiger partial charge on any atom is -0.409 e. The molecule has 0 heterocycles. The van der Waals surface area contributed by atoms with Crippen LogP contribution in [0.4, 0.5) is 0 Å². The number of oxime groups is 1. The summed E-state index contributed by atoms with van der Waals surface area (Å²) in [6.45, 7) is 3.50. The van der Waals surface area contributed by atoms with E-state index in [1.165, 1.54) is 0 Å². The molecule has 5 N–H and O–H groups in total. The zero-order valence-corrected chi connectivity index (χ0v) is 10.4. The van der Waals surface area contributed by atoms with Crippen molar-refractivity contribution in [1.82, 2.24) is 10.0 Å². The molecule has 7 nitrogen and oxygen atoms in total. The lowest BCUT2D eigenvalue weighted by Crippen LogP contribution is -2.33. The fourth-order valence-electron chi connectivity index (χ4n) is 0.993. The van der Waals surface area contributed by atoms with Crippen molar-refractivity contribution in [1.29, 1.82) is 0 Å². The van der Waals surface area contributed by atoms with Crippen LogP contribution in [0.15, 0.2) is 5.16 Å². The summed E-state index contributed by atoms with van der Waals surface area (Å²) in [6.07, 6.45) is 1.82. The number of rotatable bonds is 8. The molecule has 1 atom stereocenters. The third kappa shape index (κ3) is 8.45. The Balaban J connectivity index is 3.48. The molecule has 0 rings (SSSR count). The van der Waals surface area contributed by atoms with Crippen LogP contribution in [-0.4, -0.2) is 45.4 Å². The largest absolute Gasteiger partial charge is 0.409 e. The summed E-state index contributed by atoms with van der Waals surface area (Å²) in [7, 11) is -3.09. The molecule has 0 aliphatic carbocycles. The number of sulfonamides is 1. The van der Waals surface area contributed by atoms with Crippen LogP contribution in [0.25, 0.3) is 0 Å². The van der Waals surface area contributed by atoms with Crippen molar-refractivity contribution in [2.75, 3.05) is 25.9 Å². The minimum atomic E-state index is -3.09.